The van der Waals surface area contributed by atoms with E-state index in [1.807, 2.05) is 12.1 Å². The van der Waals surface area contributed by atoms with E-state index < -0.39 is 17.7 Å². The standard InChI is InChI=1S/C26H26F2N6O/c1-17-12-18(2)14-20(13-17)34-24(30-22-4-3-7-29-25(22)34)16-32-8-10-33(11-9-32)26(35)31-23-15-19(27)5-6-21(23)28/h3-7,12-15H,8-11,16H2,1-2H3,(H,31,35). The van der Waals surface area contributed by atoms with E-state index in [0.717, 1.165) is 52.0 Å². The molecular formula is C26H26F2N6O. The molecular weight excluding hydrogens is 450 g/mol. The molecule has 1 N–H and O–H groups in total. The van der Waals surface area contributed by atoms with Crippen LogP contribution >= 0.6 is 0 Å². The first-order valence-electron chi connectivity index (χ1n) is 11.5. The third-order valence-corrected chi connectivity index (χ3v) is 6.14. The highest BCUT2D eigenvalue weighted by atomic mass is 19.1. The van der Waals surface area contributed by atoms with E-state index in [1.165, 1.54) is 0 Å². The first kappa shape index (κ1) is 22.9. The van der Waals surface area contributed by atoms with Crippen molar-refractivity contribution in [1.29, 1.82) is 0 Å². The van der Waals surface area contributed by atoms with Gasteiger partial charge in [0, 0.05) is 44.1 Å². The Labute approximate surface area is 202 Å². The largest absolute Gasteiger partial charge is 0.322 e. The molecule has 9 heteroatoms. The number of fused-ring (bicyclic) bond motifs is 1. The molecule has 1 fully saturated rings. The molecule has 1 aliphatic rings. The second-order valence-electron chi connectivity index (χ2n) is 8.87. The number of nitrogens with zero attached hydrogens (tertiary/aromatic N) is 5. The van der Waals surface area contributed by atoms with Crippen LogP contribution in [-0.2, 0) is 6.54 Å². The molecule has 2 aromatic heterocycles. The smallest absolute Gasteiger partial charge is 0.322 e. The van der Waals surface area contributed by atoms with Crippen LogP contribution in [0.5, 0.6) is 0 Å². The van der Waals surface area contributed by atoms with E-state index in [-0.39, 0.29) is 5.69 Å². The van der Waals surface area contributed by atoms with Crippen LogP contribution in [-0.4, -0.2) is 56.5 Å². The third-order valence-electron chi connectivity index (χ3n) is 6.14. The summed E-state index contributed by atoms with van der Waals surface area (Å²) in [4.78, 5) is 25.9. The Balaban J connectivity index is 1.31. The second kappa shape index (κ2) is 9.42. The molecule has 35 heavy (non-hydrogen) atoms. The number of benzene rings is 2. The molecule has 0 saturated carbocycles. The number of anilines is 1. The summed E-state index contributed by atoms with van der Waals surface area (Å²) in [5.74, 6) is -0.395. The first-order chi connectivity index (χ1) is 16.9. The highest BCUT2D eigenvalue weighted by Crippen LogP contribution is 2.23. The number of halogens is 2. The zero-order valence-corrected chi connectivity index (χ0v) is 19.6. The average Bonchev–Trinajstić information content (AvgIpc) is 3.19. The minimum atomic E-state index is -0.669. The van der Waals surface area contributed by atoms with Crippen molar-refractivity contribution in [3.8, 4) is 5.69 Å². The molecule has 0 spiro atoms. The van der Waals surface area contributed by atoms with Crippen molar-refractivity contribution in [2.45, 2.75) is 20.4 Å². The first-order valence-corrected chi connectivity index (χ1v) is 11.5. The molecule has 1 saturated heterocycles. The summed E-state index contributed by atoms with van der Waals surface area (Å²) < 4.78 is 29.4. The van der Waals surface area contributed by atoms with Gasteiger partial charge in [-0.2, -0.15) is 0 Å². The lowest BCUT2D eigenvalue weighted by molar-refractivity contribution is 0.140. The summed E-state index contributed by atoms with van der Waals surface area (Å²) in [5, 5.41) is 2.47. The zero-order chi connectivity index (χ0) is 24.5. The number of piperazine rings is 1. The summed E-state index contributed by atoms with van der Waals surface area (Å²) in [7, 11) is 0. The summed E-state index contributed by atoms with van der Waals surface area (Å²) in [6.07, 6.45) is 1.77. The van der Waals surface area contributed by atoms with Gasteiger partial charge in [0.25, 0.3) is 0 Å². The van der Waals surface area contributed by atoms with Crippen molar-refractivity contribution < 1.29 is 13.6 Å². The van der Waals surface area contributed by atoms with Crippen molar-refractivity contribution in [3.63, 3.8) is 0 Å². The van der Waals surface area contributed by atoms with Crippen molar-refractivity contribution in [2.75, 3.05) is 31.5 Å². The molecule has 180 valence electrons. The Hall–Kier alpha value is -3.85. The Bertz CT molecular complexity index is 1370. The third kappa shape index (κ3) is 4.85. The van der Waals surface area contributed by atoms with Crippen molar-refractivity contribution in [3.05, 3.63) is 83.3 Å². The van der Waals surface area contributed by atoms with Gasteiger partial charge in [-0.05, 0) is 61.4 Å². The minimum absolute atomic E-state index is 0.160. The summed E-state index contributed by atoms with van der Waals surface area (Å²) in [6, 6.07) is 12.8. The van der Waals surface area contributed by atoms with E-state index in [4.69, 9.17) is 4.98 Å². The maximum Gasteiger partial charge on any atom is 0.322 e. The summed E-state index contributed by atoms with van der Waals surface area (Å²) in [5.41, 5.74) is 4.83. The van der Waals surface area contributed by atoms with E-state index in [1.54, 1.807) is 11.1 Å². The number of pyridine rings is 1. The van der Waals surface area contributed by atoms with Gasteiger partial charge < -0.3 is 10.2 Å². The van der Waals surface area contributed by atoms with Crippen LogP contribution in [0.15, 0.2) is 54.7 Å². The van der Waals surface area contributed by atoms with E-state index in [2.05, 4.69) is 51.8 Å². The number of amides is 2. The summed E-state index contributed by atoms with van der Waals surface area (Å²) in [6.45, 7) is 6.92. The van der Waals surface area contributed by atoms with Crippen LogP contribution in [0.25, 0.3) is 16.9 Å². The van der Waals surface area contributed by atoms with Gasteiger partial charge in [-0.3, -0.25) is 9.47 Å². The Morgan fingerprint density at radius 1 is 1.00 bits per heavy atom. The van der Waals surface area contributed by atoms with Crippen LogP contribution in [0.4, 0.5) is 19.3 Å². The molecule has 0 unspecified atom stereocenters. The monoisotopic (exact) mass is 476 g/mol. The molecule has 2 amide bonds. The van der Waals surface area contributed by atoms with Crippen molar-refractivity contribution in [1.82, 2.24) is 24.3 Å². The highest BCUT2D eigenvalue weighted by Gasteiger charge is 2.24. The number of aromatic nitrogens is 3. The second-order valence-corrected chi connectivity index (χ2v) is 8.87. The van der Waals surface area contributed by atoms with Gasteiger partial charge in [-0.25, -0.2) is 23.5 Å². The van der Waals surface area contributed by atoms with Crippen LogP contribution in [0.3, 0.4) is 0 Å². The molecule has 1 aliphatic heterocycles. The number of hydrogen-bond donors (Lipinski definition) is 1. The van der Waals surface area contributed by atoms with Gasteiger partial charge in [0.1, 0.15) is 23.0 Å². The van der Waals surface area contributed by atoms with E-state index in [0.29, 0.717) is 32.7 Å². The predicted octanol–water partition coefficient (Wildman–Crippen LogP) is 4.67. The number of carbonyl (C=O) groups is 1. The predicted molar refractivity (Wildman–Crippen MR) is 131 cm³/mol. The lowest BCUT2D eigenvalue weighted by atomic mass is 10.1. The fourth-order valence-corrected chi connectivity index (χ4v) is 4.51. The molecule has 0 bridgehead atoms. The molecule has 5 rings (SSSR count). The molecule has 4 aromatic rings. The van der Waals surface area contributed by atoms with Crippen LogP contribution in [0.2, 0.25) is 0 Å². The number of aryl methyl sites for hydroxylation is 2. The van der Waals surface area contributed by atoms with Crippen molar-refractivity contribution >= 4 is 22.9 Å². The highest BCUT2D eigenvalue weighted by molar-refractivity contribution is 5.89. The van der Waals surface area contributed by atoms with Gasteiger partial charge >= 0.3 is 6.03 Å². The molecule has 3 heterocycles. The maximum atomic E-state index is 13.9. The SMILES string of the molecule is Cc1cc(C)cc(-n2c(CN3CCN(C(=O)Nc4cc(F)ccc4F)CC3)nc3cccnc32)c1. The Morgan fingerprint density at radius 2 is 1.74 bits per heavy atom. The lowest BCUT2D eigenvalue weighted by Crippen LogP contribution is -2.49. The maximum absolute atomic E-state index is 13.9. The van der Waals surface area contributed by atoms with Gasteiger partial charge in [-0.15, -0.1) is 0 Å². The quantitative estimate of drug-likeness (QED) is 0.465. The number of nitrogens with one attached hydrogen (secondary N) is 1. The number of imidazole rings is 1. The normalized spacial score (nSPS) is 14.5. The van der Waals surface area contributed by atoms with E-state index >= 15 is 0 Å². The van der Waals surface area contributed by atoms with Gasteiger partial charge in [0.05, 0.1) is 12.2 Å². The minimum Gasteiger partial charge on any atom is -0.322 e. The Kier molecular flexibility index (Phi) is 6.17. The summed E-state index contributed by atoms with van der Waals surface area (Å²) >= 11 is 0. The average molecular weight is 477 g/mol. The fourth-order valence-electron chi connectivity index (χ4n) is 4.51. The van der Waals surface area contributed by atoms with Gasteiger partial charge in [-0.1, -0.05) is 6.07 Å². The van der Waals surface area contributed by atoms with Crippen LogP contribution < -0.4 is 5.32 Å². The van der Waals surface area contributed by atoms with Crippen molar-refractivity contribution in [2.24, 2.45) is 0 Å². The Morgan fingerprint density at radius 3 is 2.49 bits per heavy atom. The fraction of sp³-hybridized carbons (Fsp3) is 0.269. The molecule has 2 aromatic carbocycles. The number of rotatable bonds is 4. The lowest BCUT2D eigenvalue weighted by Gasteiger charge is -2.34. The molecule has 7 nitrogen and oxygen atoms in total. The topological polar surface area (TPSA) is 66.3 Å². The molecule has 0 atom stereocenters. The van der Waals surface area contributed by atoms with Crippen LogP contribution in [0, 0.1) is 25.5 Å². The molecule has 0 radical (unpaired) electrons. The van der Waals surface area contributed by atoms with Gasteiger partial charge in [0.15, 0.2) is 5.65 Å². The zero-order valence-electron chi connectivity index (χ0n) is 19.6. The number of hydrogen-bond acceptors (Lipinski definition) is 4. The van der Waals surface area contributed by atoms with E-state index in [9.17, 15) is 13.6 Å². The molecule has 0 aliphatic carbocycles. The number of carbonyl (C=O) groups excluding carboxylic acids is 1. The van der Waals surface area contributed by atoms with Gasteiger partial charge in [0.2, 0.25) is 0 Å². The van der Waals surface area contributed by atoms with Crippen LogP contribution in [0.1, 0.15) is 17.0 Å². The number of urea groups is 1.